The quantitative estimate of drug-likeness (QED) is 0.700. The van der Waals surface area contributed by atoms with Gasteiger partial charge in [0.1, 0.15) is 11.6 Å². The van der Waals surface area contributed by atoms with Gasteiger partial charge in [0.25, 0.3) is 5.91 Å². The lowest BCUT2D eigenvalue weighted by atomic mass is 9.96. The zero-order valence-corrected chi connectivity index (χ0v) is 18.2. The van der Waals surface area contributed by atoms with Gasteiger partial charge in [-0.2, -0.15) is 0 Å². The number of aliphatic imine (C=N–C) groups is 1. The molecule has 1 fully saturated rings. The summed E-state index contributed by atoms with van der Waals surface area (Å²) in [5.41, 5.74) is 2.51. The Morgan fingerprint density at radius 3 is 2.77 bits per heavy atom. The molecule has 4 rings (SSSR count). The van der Waals surface area contributed by atoms with Crippen molar-refractivity contribution in [2.45, 2.75) is 25.4 Å². The van der Waals surface area contributed by atoms with Gasteiger partial charge in [-0.15, -0.1) is 0 Å². The molecule has 2 aromatic carbocycles. The van der Waals surface area contributed by atoms with E-state index in [-0.39, 0.29) is 5.91 Å². The number of amides is 1. The molecule has 2 aliphatic rings. The van der Waals surface area contributed by atoms with Crippen molar-refractivity contribution in [2.75, 3.05) is 45.3 Å². The van der Waals surface area contributed by atoms with Gasteiger partial charge >= 0.3 is 0 Å². The van der Waals surface area contributed by atoms with Crippen LogP contribution in [-0.2, 0) is 11.3 Å². The van der Waals surface area contributed by atoms with E-state index in [0.717, 1.165) is 30.2 Å². The number of nitrogens with zero attached hydrogens (tertiary/aromatic N) is 2. The third-order valence-corrected chi connectivity index (χ3v) is 5.88. The van der Waals surface area contributed by atoms with Gasteiger partial charge in [-0.3, -0.25) is 15.1 Å². The van der Waals surface area contributed by atoms with Gasteiger partial charge in [-0.05, 0) is 49.2 Å². The lowest BCUT2D eigenvalue weighted by Gasteiger charge is -2.30. The van der Waals surface area contributed by atoms with Gasteiger partial charge in [-0.1, -0.05) is 18.2 Å². The van der Waals surface area contributed by atoms with E-state index >= 15 is 0 Å². The highest BCUT2D eigenvalue weighted by molar-refractivity contribution is 6.05. The summed E-state index contributed by atoms with van der Waals surface area (Å²) in [7, 11) is 1.68. The van der Waals surface area contributed by atoms with E-state index in [0.29, 0.717) is 38.4 Å². The number of nitrogens with one attached hydrogen (secondary N) is 2. The second kappa shape index (κ2) is 9.49. The van der Waals surface area contributed by atoms with E-state index < -0.39 is 5.54 Å². The number of methoxy groups -OCH3 is 1. The van der Waals surface area contributed by atoms with Crippen molar-refractivity contribution >= 4 is 17.4 Å². The van der Waals surface area contributed by atoms with Crippen molar-refractivity contribution in [1.82, 2.24) is 10.2 Å². The molecule has 7 heteroatoms. The summed E-state index contributed by atoms with van der Waals surface area (Å²) < 4.78 is 10.7. The van der Waals surface area contributed by atoms with Crippen molar-refractivity contribution in [3.63, 3.8) is 0 Å². The molecule has 0 aliphatic carbocycles. The van der Waals surface area contributed by atoms with Crippen LogP contribution in [-0.4, -0.2) is 62.1 Å². The maximum absolute atomic E-state index is 13.2. The number of benzene rings is 2. The van der Waals surface area contributed by atoms with Gasteiger partial charge in [-0.25, -0.2) is 0 Å². The van der Waals surface area contributed by atoms with Crippen LogP contribution in [0.5, 0.6) is 5.75 Å². The molecule has 1 unspecified atom stereocenters. The molecule has 2 aliphatic heterocycles. The Hall–Kier alpha value is -2.90. The van der Waals surface area contributed by atoms with Crippen LogP contribution in [0.4, 0.5) is 5.69 Å². The van der Waals surface area contributed by atoms with Crippen molar-refractivity contribution in [3.8, 4) is 5.75 Å². The second-order valence-electron chi connectivity index (χ2n) is 7.88. The zero-order valence-electron chi connectivity index (χ0n) is 18.2. The van der Waals surface area contributed by atoms with Gasteiger partial charge in [0.15, 0.2) is 0 Å². The molecule has 2 aromatic rings. The Kier molecular flexibility index (Phi) is 6.53. The SMILES string of the molecule is CCOc1ccc(C(=O)N2CCC3(C2)NCc2ccccc2NC3=NCCOC)cc1. The van der Waals surface area contributed by atoms with Crippen molar-refractivity contribution in [1.29, 1.82) is 0 Å². The molecule has 7 nitrogen and oxygen atoms in total. The first kappa shape index (κ1) is 21.3. The van der Waals surface area contributed by atoms with E-state index in [1.165, 1.54) is 5.56 Å². The molecule has 0 aromatic heterocycles. The van der Waals surface area contributed by atoms with E-state index in [9.17, 15) is 4.79 Å². The molecule has 2 N–H and O–H groups in total. The summed E-state index contributed by atoms with van der Waals surface area (Å²) in [6.07, 6.45) is 0.794. The van der Waals surface area contributed by atoms with Crippen LogP contribution in [0.25, 0.3) is 0 Å². The van der Waals surface area contributed by atoms with Crippen molar-refractivity contribution < 1.29 is 14.3 Å². The van der Waals surface area contributed by atoms with Gasteiger partial charge < -0.3 is 19.7 Å². The van der Waals surface area contributed by atoms with Crippen LogP contribution < -0.4 is 15.4 Å². The number of fused-ring (bicyclic) bond motifs is 1. The Morgan fingerprint density at radius 1 is 1.19 bits per heavy atom. The molecule has 1 spiro atoms. The van der Waals surface area contributed by atoms with E-state index in [1.54, 1.807) is 7.11 Å². The zero-order chi connectivity index (χ0) is 21.7. The van der Waals surface area contributed by atoms with Gasteiger partial charge in [0, 0.05) is 38.0 Å². The van der Waals surface area contributed by atoms with Crippen LogP contribution in [0, 0.1) is 0 Å². The third-order valence-electron chi connectivity index (χ3n) is 5.88. The molecule has 1 atom stereocenters. The second-order valence-corrected chi connectivity index (χ2v) is 7.88. The minimum atomic E-state index is -0.409. The molecular weight excluding hydrogens is 392 g/mol. The lowest BCUT2D eigenvalue weighted by Crippen LogP contribution is -2.55. The normalized spacial score (nSPS) is 21.6. The number of anilines is 1. The van der Waals surface area contributed by atoms with Crippen LogP contribution in [0.2, 0.25) is 0 Å². The average Bonchev–Trinajstić information content (AvgIpc) is 3.17. The first-order valence-corrected chi connectivity index (χ1v) is 10.8. The van der Waals surface area contributed by atoms with Crippen LogP contribution in [0.3, 0.4) is 0 Å². The maximum Gasteiger partial charge on any atom is 0.253 e. The standard InChI is InChI=1S/C24H30N4O3/c1-3-31-20-10-8-18(9-11-20)22(29)28-14-12-24(17-28)23(25-13-15-30-2)27-21-7-5-4-6-19(21)16-26-24/h4-11,26H,3,12-17H2,1-2H3,(H,25,27). The topological polar surface area (TPSA) is 75.2 Å². The van der Waals surface area contributed by atoms with Crippen molar-refractivity contribution in [3.05, 3.63) is 59.7 Å². The molecule has 0 radical (unpaired) electrons. The molecule has 0 saturated carbocycles. The number of ether oxygens (including phenoxy) is 2. The summed E-state index contributed by atoms with van der Waals surface area (Å²) >= 11 is 0. The Bertz CT molecular complexity index is 944. The van der Waals surface area contributed by atoms with Crippen LogP contribution in [0.1, 0.15) is 29.3 Å². The largest absolute Gasteiger partial charge is 0.494 e. The fraction of sp³-hybridized carbons (Fsp3) is 0.417. The third kappa shape index (κ3) is 4.57. The molecule has 1 amide bonds. The summed E-state index contributed by atoms with van der Waals surface area (Å²) in [6, 6.07) is 15.6. The predicted molar refractivity (Wildman–Crippen MR) is 122 cm³/mol. The molecule has 31 heavy (non-hydrogen) atoms. The minimum Gasteiger partial charge on any atom is -0.494 e. The number of hydrogen-bond acceptors (Lipinski definition) is 5. The van der Waals surface area contributed by atoms with Gasteiger partial charge in [0.2, 0.25) is 0 Å². The highest BCUT2D eigenvalue weighted by atomic mass is 16.5. The lowest BCUT2D eigenvalue weighted by molar-refractivity contribution is 0.0786. The average molecular weight is 423 g/mol. The number of likely N-dealkylation sites (tertiary alicyclic amines) is 1. The monoisotopic (exact) mass is 422 g/mol. The van der Waals surface area contributed by atoms with Crippen LogP contribution >= 0.6 is 0 Å². The number of hydrogen-bond donors (Lipinski definition) is 2. The predicted octanol–water partition coefficient (Wildman–Crippen LogP) is 2.93. The van der Waals surface area contributed by atoms with E-state index in [1.807, 2.05) is 48.2 Å². The highest BCUT2D eigenvalue weighted by Crippen LogP contribution is 2.30. The number of carbonyl (C=O) groups is 1. The summed E-state index contributed by atoms with van der Waals surface area (Å²) in [4.78, 5) is 19.9. The van der Waals surface area contributed by atoms with Crippen molar-refractivity contribution in [2.24, 2.45) is 4.99 Å². The summed E-state index contributed by atoms with van der Waals surface area (Å²) in [6.45, 7) is 5.62. The maximum atomic E-state index is 13.2. The molecule has 164 valence electrons. The number of amidine groups is 1. The fourth-order valence-electron chi connectivity index (χ4n) is 4.19. The first-order chi connectivity index (χ1) is 15.1. The molecule has 2 heterocycles. The summed E-state index contributed by atoms with van der Waals surface area (Å²) in [5.74, 6) is 1.67. The van der Waals surface area contributed by atoms with E-state index in [2.05, 4.69) is 22.8 Å². The Morgan fingerprint density at radius 2 is 2.00 bits per heavy atom. The molecule has 1 saturated heterocycles. The van der Waals surface area contributed by atoms with E-state index in [4.69, 9.17) is 14.5 Å². The first-order valence-electron chi connectivity index (χ1n) is 10.8. The minimum absolute atomic E-state index is 0.0275. The number of rotatable bonds is 6. The highest BCUT2D eigenvalue weighted by Gasteiger charge is 2.45. The molecular formula is C24H30N4O3. The fourth-order valence-corrected chi connectivity index (χ4v) is 4.19. The Balaban J connectivity index is 1.55. The summed E-state index contributed by atoms with van der Waals surface area (Å²) in [5, 5.41) is 7.25. The van der Waals surface area contributed by atoms with Gasteiger partial charge in [0.05, 0.1) is 25.3 Å². The number of para-hydroxylation sites is 1. The smallest absolute Gasteiger partial charge is 0.253 e. The van der Waals surface area contributed by atoms with Crippen LogP contribution in [0.15, 0.2) is 53.5 Å². The Labute approximate surface area is 183 Å². The number of carbonyl (C=O) groups excluding carboxylic acids is 1. The molecule has 0 bridgehead atoms.